The Morgan fingerprint density at radius 1 is 1.08 bits per heavy atom. The number of benzene rings is 2. The Morgan fingerprint density at radius 3 is 2.60 bits per heavy atom. The molecule has 1 fully saturated rings. The number of aryl methyl sites for hydroxylation is 2. The fourth-order valence-electron chi connectivity index (χ4n) is 3.61. The van der Waals surface area contributed by atoms with Gasteiger partial charge in [-0.1, -0.05) is 18.2 Å². The summed E-state index contributed by atoms with van der Waals surface area (Å²) in [6.45, 7) is 1.06. The van der Waals surface area contributed by atoms with Crippen LogP contribution in [0.1, 0.15) is 36.0 Å². The maximum Gasteiger partial charge on any atom is 0.238 e. The zero-order valence-corrected chi connectivity index (χ0v) is 14.3. The van der Waals surface area contributed by atoms with Gasteiger partial charge in [-0.3, -0.25) is 9.69 Å². The van der Waals surface area contributed by atoms with E-state index in [4.69, 9.17) is 0 Å². The number of halogens is 1. The summed E-state index contributed by atoms with van der Waals surface area (Å²) in [5, 5.41) is 3.04. The van der Waals surface area contributed by atoms with Gasteiger partial charge in [0.2, 0.25) is 5.91 Å². The number of fused-ring (bicyclic) bond motifs is 1. The van der Waals surface area contributed by atoms with Crippen LogP contribution < -0.4 is 5.32 Å². The highest BCUT2D eigenvalue weighted by Gasteiger charge is 2.30. The lowest BCUT2D eigenvalue weighted by molar-refractivity contribution is -0.117. The third-order valence-electron chi connectivity index (χ3n) is 5.09. The molecule has 1 amide bonds. The normalized spacial score (nSPS) is 16.1. The third kappa shape index (κ3) is 4.07. The number of rotatable bonds is 6. The quantitative estimate of drug-likeness (QED) is 0.866. The summed E-state index contributed by atoms with van der Waals surface area (Å²) in [4.78, 5) is 14.7. The van der Waals surface area contributed by atoms with Crippen LogP contribution in [-0.2, 0) is 24.2 Å². The minimum absolute atomic E-state index is 0.0203. The highest BCUT2D eigenvalue weighted by molar-refractivity contribution is 5.92. The van der Waals surface area contributed by atoms with E-state index in [0.29, 0.717) is 19.1 Å². The number of amides is 1. The van der Waals surface area contributed by atoms with E-state index in [0.717, 1.165) is 36.9 Å². The van der Waals surface area contributed by atoms with Crippen molar-refractivity contribution in [3.63, 3.8) is 0 Å². The molecule has 0 atom stereocenters. The second-order valence-corrected chi connectivity index (χ2v) is 7.15. The second kappa shape index (κ2) is 6.96. The molecule has 4 rings (SSSR count). The molecule has 2 aliphatic rings. The summed E-state index contributed by atoms with van der Waals surface area (Å²) >= 11 is 0. The molecular weight excluding hydrogens is 315 g/mol. The largest absolute Gasteiger partial charge is 0.325 e. The fourth-order valence-corrected chi connectivity index (χ4v) is 3.61. The second-order valence-electron chi connectivity index (χ2n) is 7.15. The molecular formula is C21H23FN2O. The van der Waals surface area contributed by atoms with Crippen LogP contribution in [-0.4, -0.2) is 23.4 Å². The van der Waals surface area contributed by atoms with E-state index in [-0.39, 0.29) is 11.7 Å². The van der Waals surface area contributed by atoms with Gasteiger partial charge in [-0.05, 0) is 73.1 Å². The predicted molar refractivity (Wildman–Crippen MR) is 96.9 cm³/mol. The van der Waals surface area contributed by atoms with Crippen LogP contribution in [0.25, 0.3) is 0 Å². The van der Waals surface area contributed by atoms with Crippen LogP contribution in [0.4, 0.5) is 10.1 Å². The smallest absolute Gasteiger partial charge is 0.238 e. The first kappa shape index (κ1) is 16.3. The molecule has 2 aliphatic carbocycles. The number of carbonyl (C=O) groups excluding carboxylic acids is 1. The van der Waals surface area contributed by atoms with Crippen molar-refractivity contribution in [2.24, 2.45) is 0 Å². The molecule has 4 heteroatoms. The van der Waals surface area contributed by atoms with Crippen molar-refractivity contribution in [2.75, 3.05) is 11.9 Å². The van der Waals surface area contributed by atoms with Crippen LogP contribution >= 0.6 is 0 Å². The molecule has 25 heavy (non-hydrogen) atoms. The molecule has 0 bridgehead atoms. The number of anilines is 1. The first-order valence-corrected chi connectivity index (χ1v) is 9.07. The highest BCUT2D eigenvalue weighted by Crippen LogP contribution is 2.28. The molecule has 1 saturated carbocycles. The third-order valence-corrected chi connectivity index (χ3v) is 5.09. The Morgan fingerprint density at radius 2 is 1.84 bits per heavy atom. The molecule has 0 radical (unpaired) electrons. The molecule has 3 nitrogen and oxygen atoms in total. The van der Waals surface area contributed by atoms with E-state index < -0.39 is 0 Å². The van der Waals surface area contributed by atoms with Crippen LogP contribution in [0.5, 0.6) is 0 Å². The van der Waals surface area contributed by atoms with Gasteiger partial charge < -0.3 is 5.32 Å². The molecule has 0 unspecified atom stereocenters. The van der Waals surface area contributed by atoms with Gasteiger partial charge in [-0.15, -0.1) is 0 Å². The Hall–Kier alpha value is -2.20. The van der Waals surface area contributed by atoms with Gasteiger partial charge in [-0.25, -0.2) is 4.39 Å². The summed E-state index contributed by atoms with van der Waals surface area (Å²) in [6, 6.07) is 13.3. The maximum atomic E-state index is 13.1. The minimum atomic E-state index is -0.226. The Balaban J connectivity index is 1.38. The molecule has 1 N–H and O–H groups in total. The van der Waals surface area contributed by atoms with Crippen molar-refractivity contribution in [3.8, 4) is 0 Å². The van der Waals surface area contributed by atoms with E-state index in [2.05, 4.69) is 22.3 Å². The van der Waals surface area contributed by atoms with Gasteiger partial charge in [0, 0.05) is 18.3 Å². The average molecular weight is 338 g/mol. The van der Waals surface area contributed by atoms with Crippen LogP contribution in [0.2, 0.25) is 0 Å². The van der Waals surface area contributed by atoms with E-state index >= 15 is 0 Å². The van der Waals surface area contributed by atoms with Crippen molar-refractivity contribution >= 4 is 11.6 Å². The summed E-state index contributed by atoms with van der Waals surface area (Å²) < 4.78 is 13.1. The van der Waals surface area contributed by atoms with Gasteiger partial charge in [0.05, 0.1) is 6.54 Å². The van der Waals surface area contributed by atoms with Crippen molar-refractivity contribution in [3.05, 3.63) is 65.0 Å². The molecule has 130 valence electrons. The summed E-state index contributed by atoms with van der Waals surface area (Å²) in [5.74, 6) is -0.206. The molecule has 0 saturated heterocycles. The topological polar surface area (TPSA) is 32.3 Å². The Kier molecular flexibility index (Phi) is 4.53. The Bertz CT molecular complexity index is 768. The van der Waals surface area contributed by atoms with Crippen molar-refractivity contribution < 1.29 is 9.18 Å². The first-order valence-electron chi connectivity index (χ1n) is 9.07. The minimum Gasteiger partial charge on any atom is -0.325 e. The average Bonchev–Trinajstić information content (AvgIpc) is 3.34. The molecule has 0 spiro atoms. The van der Waals surface area contributed by atoms with Crippen molar-refractivity contribution in [2.45, 2.75) is 44.7 Å². The molecule has 0 aromatic heterocycles. The maximum absolute atomic E-state index is 13.1. The number of carbonyl (C=O) groups is 1. The van der Waals surface area contributed by atoms with E-state index in [1.807, 2.05) is 6.07 Å². The van der Waals surface area contributed by atoms with Crippen LogP contribution in [0.15, 0.2) is 42.5 Å². The van der Waals surface area contributed by atoms with Gasteiger partial charge >= 0.3 is 0 Å². The van der Waals surface area contributed by atoms with E-state index in [1.54, 1.807) is 12.1 Å². The molecule has 2 aromatic rings. The van der Waals surface area contributed by atoms with Gasteiger partial charge in [0.15, 0.2) is 0 Å². The van der Waals surface area contributed by atoms with E-state index in [9.17, 15) is 9.18 Å². The zero-order chi connectivity index (χ0) is 17.2. The fraction of sp³-hybridized carbons (Fsp3) is 0.381. The molecule has 0 aliphatic heterocycles. The first-order chi connectivity index (χ1) is 12.2. The van der Waals surface area contributed by atoms with Crippen LogP contribution in [0.3, 0.4) is 0 Å². The zero-order valence-electron chi connectivity index (χ0n) is 14.3. The standard InChI is InChI=1S/C21H23FN2O/c22-18-7-4-15(5-8-18)13-24(20-10-11-20)14-21(25)23-19-9-6-16-2-1-3-17(16)12-19/h4-9,12,20H,1-3,10-11,13-14H2,(H,23,25). The molecule has 2 aromatic carbocycles. The number of nitrogens with zero attached hydrogens (tertiary/aromatic N) is 1. The summed E-state index contributed by atoms with van der Waals surface area (Å²) in [5.41, 5.74) is 4.71. The van der Waals surface area contributed by atoms with Crippen molar-refractivity contribution in [1.29, 1.82) is 0 Å². The van der Waals surface area contributed by atoms with Gasteiger partial charge in [0.1, 0.15) is 5.82 Å². The van der Waals surface area contributed by atoms with Crippen LogP contribution in [0, 0.1) is 5.82 Å². The summed E-state index contributed by atoms with van der Waals surface area (Å²) in [7, 11) is 0. The molecule has 0 heterocycles. The lowest BCUT2D eigenvalue weighted by atomic mass is 10.1. The highest BCUT2D eigenvalue weighted by atomic mass is 19.1. The van der Waals surface area contributed by atoms with Gasteiger partial charge in [-0.2, -0.15) is 0 Å². The lowest BCUT2D eigenvalue weighted by Crippen LogP contribution is -2.34. The van der Waals surface area contributed by atoms with E-state index in [1.165, 1.54) is 29.7 Å². The Labute approximate surface area is 147 Å². The number of hydrogen-bond acceptors (Lipinski definition) is 2. The lowest BCUT2D eigenvalue weighted by Gasteiger charge is -2.21. The number of hydrogen-bond donors (Lipinski definition) is 1. The SMILES string of the molecule is O=C(CN(Cc1ccc(F)cc1)C1CC1)Nc1ccc2c(c1)CCC2. The monoisotopic (exact) mass is 338 g/mol. The van der Waals surface area contributed by atoms with Gasteiger partial charge in [0.25, 0.3) is 0 Å². The summed E-state index contributed by atoms with van der Waals surface area (Å²) in [6.07, 6.45) is 5.73. The number of nitrogens with one attached hydrogen (secondary N) is 1. The predicted octanol–water partition coefficient (Wildman–Crippen LogP) is 3.92. The van der Waals surface area contributed by atoms with Crippen molar-refractivity contribution in [1.82, 2.24) is 4.90 Å².